The summed E-state index contributed by atoms with van der Waals surface area (Å²) in [6.45, 7) is 0. The largest absolute Gasteiger partial charge is 0.497 e. The molecule has 2 heterocycles. The van der Waals surface area contributed by atoms with Crippen molar-refractivity contribution in [1.82, 2.24) is 4.72 Å². The Morgan fingerprint density at radius 2 is 2.10 bits per heavy atom. The van der Waals surface area contributed by atoms with Crippen LogP contribution in [-0.2, 0) is 19.6 Å². The predicted molar refractivity (Wildman–Crippen MR) is 115 cm³/mol. The van der Waals surface area contributed by atoms with E-state index in [2.05, 4.69) is 4.72 Å². The highest BCUT2D eigenvalue weighted by Gasteiger charge is 2.49. The van der Waals surface area contributed by atoms with Gasteiger partial charge in [-0.25, -0.2) is 13.1 Å². The summed E-state index contributed by atoms with van der Waals surface area (Å²) < 4.78 is 39.3. The number of ether oxygens (including phenoxy) is 2. The monoisotopic (exact) mass is 435 g/mol. The molecule has 1 aromatic rings. The van der Waals surface area contributed by atoms with Crippen LogP contribution in [0.3, 0.4) is 0 Å². The molecule has 1 aromatic carbocycles. The molecule has 2 fully saturated rings. The molecule has 2 aliphatic rings. The highest BCUT2D eigenvalue weighted by molar-refractivity contribution is 7.92. The lowest BCUT2D eigenvalue weighted by Crippen LogP contribution is -2.46. The first-order chi connectivity index (χ1) is 14.4. The Bertz CT molecular complexity index is 895. The van der Waals surface area contributed by atoms with Crippen molar-refractivity contribution in [1.29, 1.82) is 0 Å². The van der Waals surface area contributed by atoms with E-state index in [4.69, 9.17) is 14.6 Å². The number of hydrogen-bond donors (Lipinski definition) is 2. The number of allylic oxidation sites excluding steroid dienone is 2. The lowest BCUT2D eigenvalue weighted by atomic mass is 9.83. The fraction of sp³-hybridized carbons (Fsp3) is 0.500. The second-order valence-corrected chi connectivity index (χ2v) is 9.31. The zero-order valence-electron chi connectivity index (χ0n) is 17.1. The number of sulfonamides is 1. The van der Waals surface area contributed by atoms with Crippen molar-refractivity contribution < 1.29 is 27.8 Å². The van der Waals surface area contributed by atoms with Gasteiger partial charge in [0.05, 0.1) is 25.4 Å². The third kappa shape index (κ3) is 6.17. The number of methoxy groups -OCH3 is 1. The summed E-state index contributed by atoms with van der Waals surface area (Å²) in [5.74, 6) is -0.0416. The van der Waals surface area contributed by atoms with Gasteiger partial charge in [-0.1, -0.05) is 24.3 Å². The van der Waals surface area contributed by atoms with Crippen LogP contribution in [0.4, 0.5) is 0 Å². The molecule has 164 valence electrons. The molecular weight excluding hydrogens is 406 g/mol. The summed E-state index contributed by atoms with van der Waals surface area (Å²) in [5.41, 5.74) is 0.741. The zero-order chi connectivity index (χ0) is 21.6. The average molecular weight is 436 g/mol. The molecule has 4 atom stereocenters. The molecule has 7 nitrogen and oxygen atoms in total. The number of nitrogens with one attached hydrogen (secondary N) is 1. The van der Waals surface area contributed by atoms with E-state index in [1.807, 2.05) is 18.2 Å². The third-order valence-corrected chi connectivity index (χ3v) is 6.69. The summed E-state index contributed by atoms with van der Waals surface area (Å²) in [7, 11) is -2.06. The van der Waals surface area contributed by atoms with Crippen molar-refractivity contribution in [2.45, 2.75) is 56.8 Å². The lowest BCUT2D eigenvalue weighted by Gasteiger charge is -2.27. The minimum Gasteiger partial charge on any atom is -0.497 e. The lowest BCUT2D eigenvalue weighted by molar-refractivity contribution is -0.137. The molecule has 3 rings (SSSR count). The van der Waals surface area contributed by atoms with Crippen molar-refractivity contribution in [3.8, 4) is 5.75 Å². The maximum atomic E-state index is 12.7. The van der Waals surface area contributed by atoms with Crippen LogP contribution < -0.4 is 9.46 Å². The van der Waals surface area contributed by atoms with Gasteiger partial charge < -0.3 is 14.6 Å². The third-order valence-electron chi connectivity index (χ3n) is 5.59. The van der Waals surface area contributed by atoms with Gasteiger partial charge >= 0.3 is 5.97 Å². The second kappa shape index (κ2) is 10.2. The summed E-state index contributed by atoms with van der Waals surface area (Å²) in [5, 5.41) is 9.87. The number of carboxylic acid groups (broad SMARTS) is 1. The average Bonchev–Trinajstić information content (AvgIpc) is 3.31. The van der Waals surface area contributed by atoms with Gasteiger partial charge in [-0.3, -0.25) is 4.79 Å². The number of carbonyl (C=O) groups is 1. The van der Waals surface area contributed by atoms with E-state index in [1.165, 1.54) is 5.41 Å². The summed E-state index contributed by atoms with van der Waals surface area (Å²) in [6.07, 6.45) is 9.48. The number of fused-ring (bicyclic) bond motifs is 2. The molecular formula is C22H29NO6S. The summed E-state index contributed by atoms with van der Waals surface area (Å²) >= 11 is 0. The van der Waals surface area contributed by atoms with Gasteiger partial charge in [0.2, 0.25) is 10.0 Å². The fourth-order valence-corrected chi connectivity index (χ4v) is 5.24. The Morgan fingerprint density at radius 1 is 1.30 bits per heavy atom. The summed E-state index contributed by atoms with van der Waals surface area (Å²) in [6, 6.07) is 6.93. The Morgan fingerprint density at radius 3 is 2.87 bits per heavy atom. The second-order valence-electron chi connectivity index (χ2n) is 7.72. The van der Waals surface area contributed by atoms with E-state index in [9.17, 15) is 13.2 Å². The van der Waals surface area contributed by atoms with Gasteiger partial charge in [-0.2, -0.15) is 0 Å². The highest BCUT2D eigenvalue weighted by Crippen LogP contribution is 2.41. The standard InChI is InChI=1S/C22H29NO6S/c1-28-17-8-6-7-16(15-17)13-14-30(26,27)23-22-18(19-11-12-20(22)29-19)9-4-2-3-5-10-21(24)25/h2,4,6-8,13-15,18-20,22-23H,3,5,9-12H2,1H3,(H,24,25)/b4-2+,14-13+. The van der Waals surface area contributed by atoms with Crippen molar-refractivity contribution in [3.63, 3.8) is 0 Å². The molecule has 0 aromatic heterocycles. The van der Waals surface area contributed by atoms with E-state index in [1.54, 1.807) is 31.4 Å². The molecule has 0 spiro atoms. The van der Waals surface area contributed by atoms with Crippen LogP contribution >= 0.6 is 0 Å². The van der Waals surface area contributed by atoms with Gasteiger partial charge in [0, 0.05) is 17.7 Å². The molecule has 0 aliphatic carbocycles. The van der Waals surface area contributed by atoms with Crippen LogP contribution in [0.15, 0.2) is 41.8 Å². The van der Waals surface area contributed by atoms with Crippen LogP contribution in [-0.4, -0.2) is 44.9 Å². The maximum Gasteiger partial charge on any atom is 0.303 e. The Hall–Kier alpha value is -2.16. The minimum absolute atomic E-state index is 0.0636. The molecule has 8 heteroatoms. The van der Waals surface area contributed by atoms with E-state index in [-0.39, 0.29) is 30.6 Å². The molecule has 2 aliphatic heterocycles. The number of unbranched alkanes of at least 4 members (excludes halogenated alkanes) is 1. The van der Waals surface area contributed by atoms with Crippen LogP contribution in [0.2, 0.25) is 0 Å². The van der Waals surface area contributed by atoms with Crippen LogP contribution in [0.5, 0.6) is 5.75 Å². The topological polar surface area (TPSA) is 102 Å². The van der Waals surface area contributed by atoms with E-state index < -0.39 is 16.0 Å². The smallest absolute Gasteiger partial charge is 0.303 e. The number of benzene rings is 1. The molecule has 2 N–H and O–H groups in total. The van der Waals surface area contributed by atoms with Crippen LogP contribution in [0, 0.1) is 5.92 Å². The van der Waals surface area contributed by atoms with Gasteiger partial charge in [0.15, 0.2) is 0 Å². The van der Waals surface area contributed by atoms with E-state index in [0.717, 1.165) is 18.4 Å². The maximum absolute atomic E-state index is 12.7. The minimum atomic E-state index is -3.63. The zero-order valence-corrected chi connectivity index (χ0v) is 17.9. The van der Waals surface area contributed by atoms with Crippen LogP contribution in [0.1, 0.15) is 44.1 Å². The SMILES string of the molecule is COc1cccc(/C=C/S(=O)(=O)NC2C3CCC(O3)C2C/C=C/CCCC(=O)O)c1. The molecule has 0 saturated carbocycles. The van der Waals surface area contributed by atoms with Gasteiger partial charge in [0.1, 0.15) is 5.75 Å². The number of rotatable bonds is 11. The molecule has 30 heavy (non-hydrogen) atoms. The Labute approximate surface area is 177 Å². The van der Waals surface area contributed by atoms with Gasteiger partial charge in [0.25, 0.3) is 0 Å². The highest BCUT2D eigenvalue weighted by atomic mass is 32.2. The molecule has 0 amide bonds. The molecule has 2 bridgehead atoms. The van der Waals surface area contributed by atoms with Crippen molar-refractivity contribution in [2.24, 2.45) is 5.92 Å². The van der Waals surface area contributed by atoms with Crippen molar-refractivity contribution in [2.75, 3.05) is 7.11 Å². The fourth-order valence-electron chi connectivity index (χ4n) is 4.12. The first-order valence-corrected chi connectivity index (χ1v) is 11.8. The first-order valence-electron chi connectivity index (χ1n) is 10.2. The quantitative estimate of drug-likeness (QED) is 0.408. The first kappa shape index (κ1) is 22.5. The number of carboxylic acids is 1. The predicted octanol–water partition coefficient (Wildman–Crippen LogP) is 3.33. The van der Waals surface area contributed by atoms with Crippen molar-refractivity contribution >= 4 is 22.1 Å². The van der Waals surface area contributed by atoms with Crippen LogP contribution in [0.25, 0.3) is 6.08 Å². The molecule has 2 saturated heterocycles. The summed E-state index contributed by atoms with van der Waals surface area (Å²) in [4.78, 5) is 10.6. The van der Waals surface area contributed by atoms with E-state index >= 15 is 0 Å². The van der Waals surface area contributed by atoms with Crippen molar-refractivity contribution in [3.05, 3.63) is 47.4 Å². The Kier molecular flexibility index (Phi) is 7.69. The normalized spacial score (nSPS) is 26.0. The van der Waals surface area contributed by atoms with E-state index in [0.29, 0.717) is 25.0 Å². The molecule has 4 unspecified atom stereocenters. The number of hydrogen-bond acceptors (Lipinski definition) is 5. The van der Waals surface area contributed by atoms with Gasteiger partial charge in [-0.15, -0.1) is 0 Å². The number of aliphatic carboxylic acids is 1. The Balaban J connectivity index is 1.59. The van der Waals surface area contributed by atoms with Gasteiger partial charge in [-0.05, 0) is 55.9 Å². The molecule has 0 radical (unpaired) electrons.